The molecule has 0 bridgehead atoms. The first kappa shape index (κ1) is 12.3. The fraction of sp³-hybridized carbons (Fsp3) is 0.0625. The molecule has 0 aliphatic carbocycles. The molecule has 2 aromatic carbocycles. The molecule has 0 aliphatic heterocycles. The van der Waals surface area contributed by atoms with Gasteiger partial charge in [-0.15, -0.1) is 0 Å². The Hall–Kier alpha value is -2.75. The van der Waals surface area contributed by atoms with Gasteiger partial charge in [0, 0.05) is 17.3 Å². The monoisotopic (exact) mass is 266 g/mol. The highest BCUT2D eigenvalue weighted by Gasteiger charge is 2.08. The zero-order valence-electron chi connectivity index (χ0n) is 10.8. The number of nitrogens with zero attached hydrogens (tertiary/aromatic N) is 1. The third-order valence-corrected chi connectivity index (χ3v) is 3.13. The van der Waals surface area contributed by atoms with Crippen molar-refractivity contribution in [1.82, 2.24) is 4.98 Å². The van der Waals surface area contributed by atoms with E-state index in [0.717, 1.165) is 27.8 Å². The van der Waals surface area contributed by atoms with Gasteiger partial charge in [0.15, 0.2) is 0 Å². The summed E-state index contributed by atoms with van der Waals surface area (Å²) in [5.74, 6) is 0.766. The van der Waals surface area contributed by atoms with Gasteiger partial charge in [-0.05, 0) is 17.7 Å². The molecular formula is C16H14N2O2. The Bertz CT molecular complexity index is 733. The second-order valence-electron chi connectivity index (χ2n) is 4.44. The van der Waals surface area contributed by atoms with Gasteiger partial charge in [0.2, 0.25) is 0 Å². The van der Waals surface area contributed by atoms with Crippen molar-refractivity contribution in [3.8, 4) is 5.75 Å². The summed E-state index contributed by atoms with van der Waals surface area (Å²) >= 11 is 0. The first-order valence-electron chi connectivity index (χ1n) is 6.33. The van der Waals surface area contributed by atoms with E-state index in [0.29, 0.717) is 6.61 Å². The Kier molecular flexibility index (Phi) is 3.37. The van der Waals surface area contributed by atoms with Crippen LogP contribution in [0.5, 0.6) is 5.75 Å². The number of benzene rings is 2. The number of fused-ring (bicyclic) bond motifs is 1. The van der Waals surface area contributed by atoms with Crippen molar-refractivity contribution >= 4 is 17.1 Å². The number of aromatic amines is 1. The fourth-order valence-corrected chi connectivity index (χ4v) is 2.20. The van der Waals surface area contributed by atoms with E-state index in [1.54, 1.807) is 6.20 Å². The van der Waals surface area contributed by atoms with Crippen LogP contribution in [0.2, 0.25) is 0 Å². The summed E-state index contributed by atoms with van der Waals surface area (Å²) in [7, 11) is 0. The van der Waals surface area contributed by atoms with Crippen molar-refractivity contribution in [3.05, 3.63) is 65.9 Å². The molecule has 3 aromatic rings. The second kappa shape index (κ2) is 5.48. The van der Waals surface area contributed by atoms with Crippen molar-refractivity contribution in [2.75, 3.05) is 0 Å². The summed E-state index contributed by atoms with van der Waals surface area (Å²) in [6.45, 7) is 0.501. The Morgan fingerprint density at radius 2 is 1.95 bits per heavy atom. The number of nitrogens with one attached hydrogen (secondary N) is 1. The molecule has 4 heteroatoms. The SMILES string of the molecule is O/N=C\c1c[nH]c2cccc(OCc3ccccc3)c12. The summed E-state index contributed by atoms with van der Waals surface area (Å²) in [5, 5.41) is 12.7. The molecule has 0 radical (unpaired) electrons. The minimum atomic E-state index is 0.501. The van der Waals surface area contributed by atoms with E-state index in [2.05, 4.69) is 10.1 Å². The first-order valence-corrected chi connectivity index (χ1v) is 6.33. The molecule has 0 spiro atoms. The molecule has 1 aromatic heterocycles. The van der Waals surface area contributed by atoms with E-state index in [9.17, 15) is 0 Å². The van der Waals surface area contributed by atoms with Crippen molar-refractivity contribution in [3.63, 3.8) is 0 Å². The van der Waals surface area contributed by atoms with Gasteiger partial charge in [0.25, 0.3) is 0 Å². The molecule has 0 aliphatic rings. The summed E-state index contributed by atoms with van der Waals surface area (Å²) in [6, 6.07) is 15.8. The molecular weight excluding hydrogens is 252 g/mol. The fourth-order valence-electron chi connectivity index (χ4n) is 2.20. The average Bonchev–Trinajstić information content (AvgIpc) is 2.91. The van der Waals surface area contributed by atoms with Crippen LogP contribution in [0.25, 0.3) is 10.9 Å². The van der Waals surface area contributed by atoms with Crippen LogP contribution in [0.4, 0.5) is 0 Å². The van der Waals surface area contributed by atoms with Crippen molar-refractivity contribution in [2.24, 2.45) is 5.16 Å². The van der Waals surface area contributed by atoms with Crippen LogP contribution in [0, 0.1) is 0 Å². The van der Waals surface area contributed by atoms with Crippen LogP contribution in [-0.4, -0.2) is 16.4 Å². The summed E-state index contributed by atoms with van der Waals surface area (Å²) in [6.07, 6.45) is 3.19. The third-order valence-electron chi connectivity index (χ3n) is 3.13. The standard InChI is InChI=1S/C16H14N2O2/c19-18-10-13-9-17-14-7-4-8-15(16(13)14)20-11-12-5-2-1-3-6-12/h1-10,17,19H,11H2/b18-10-. The molecule has 0 fully saturated rings. The van der Waals surface area contributed by atoms with E-state index < -0.39 is 0 Å². The van der Waals surface area contributed by atoms with E-state index >= 15 is 0 Å². The van der Waals surface area contributed by atoms with E-state index in [4.69, 9.17) is 9.94 Å². The normalized spacial score (nSPS) is 11.2. The predicted molar refractivity (Wildman–Crippen MR) is 78.5 cm³/mol. The number of hydrogen-bond donors (Lipinski definition) is 2. The van der Waals surface area contributed by atoms with Gasteiger partial charge in [0.1, 0.15) is 12.4 Å². The Morgan fingerprint density at radius 1 is 1.10 bits per heavy atom. The highest BCUT2D eigenvalue weighted by Crippen LogP contribution is 2.28. The Balaban J connectivity index is 1.93. The van der Waals surface area contributed by atoms with Crippen LogP contribution in [0.3, 0.4) is 0 Å². The van der Waals surface area contributed by atoms with E-state index in [-0.39, 0.29) is 0 Å². The molecule has 2 N–H and O–H groups in total. The number of hydrogen-bond acceptors (Lipinski definition) is 3. The van der Waals surface area contributed by atoms with Gasteiger partial charge in [-0.3, -0.25) is 0 Å². The zero-order chi connectivity index (χ0) is 13.8. The van der Waals surface area contributed by atoms with Crippen LogP contribution in [-0.2, 0) is 6.61 Å². The molecule has 3 rings (SSSR count). The maximum atomic E-state index is 8.71. The van der Waals surface area contributed by atoms with Gasteiger partial charge in [-0.1, -0.05) is 41.6 Å². The topological polar surface area (TPSA) is 57.6 Å². The quantitative estimate of drug-likeness (QED) is 0.431. The van der Waals surface area contributed by atoms with Crippen molar-refractivity contribution < 1.29 is 9.94 Å². The van der Waals surface area contributed by atoms with Gasteiger partial charge in [0.05, 0.1) is 11.6 Å². The minimum absolute atomic E-state index is 0.501. The Labute approximate surface area is 116 Å². The molecule has 0 unspecified atom stereocenters. The predicted octanol–water partition coefficient (Wildman–Crippen LogP) is 3.56. The number of oxime groups is 1. The molecule has 100 valence electrons. The second-order valence-corrected chi connectivity index (χ2v) is 4.44. The maximum absolute atomic E-state index is 8.71. The van der Waals surface area contributed by atoms with Crippen LogP contribution in [0.1, 0.15) is 11.1 Å². The Morgan fingerprint density at radius 3 is 2.75 bits per heavy atom. The molecule has 0 saturated heterocycles. The molecule has 0 atom stereocenters. The van der Waals surface area contributed by atoms with Crippen LogP contribution in [0.15, 0.2) is 59.9 Å². The number of H-pyrrole nitrogens is 1. The number of aromatic nitrogens is 1. The maximum Gasteiger partial charge on any atom is 0.129 e. The van der Waals surface area contributed by atoms with E-state index in [1.807, 2.05) is 48.5 Å². The highest BCUT2D eigenvalue weighted by molar-refractivity contribution is 6.02. The molecule has 0 saturated carbocycles. The minimum Gasteiger partial charge on any atom is -0.488 e. The van der Waals surface area contributed by atoms with Gasteiger partial charge in [-0.2, -0.15) is 0 Å². The van der Waals surface area contributed by atoms with Crippen molar-refractivity contribution in [1.29, 1.82) is 0 Å². The summed E-state index contributed by atoms with van der Waals surface area (Å²) < 4.78 is 5.89. The van der Waals surface area contributed by atoms with Crippen molar-refractivity contribution in [2.45, 2.75) is 6.61 Å². The van der Waals surface area contributed by atoms with Crippen LogP contribution < -0.4 is 4.74 Å². The lowest BCUT2D eigenvalue weighted by Gasteiger charge is -2.08. The largest absolute Gasteiger partial charge is 0.488 e. The van der Waals surface area contributed by atoms with Gasteiger partial charge >= 0.3 is 0 Å². The molecule has 20 heavy (non-hydrogen) atoms. The highest BCUT2D eigenvalue weighted by atomic mass is 16.5. The van der Waals surface area contributed by atoms with Crippen LogP contribution >= 0.6 is 0 Å². The van der Waals surface area contributed by atoms with Gasteiger partial charge < -0.3 is 14.9 Å². The molecule has 1 heterocycles. The van der Waals surface area contributed by atoms with E-state index in [1.165, 1.54) is 6.21 Å². The number of rotatable bonds is 4. The lowest BCUT2D eigenvalue weighted by atomic mass is 10.1. The summed E-state index contributed by atoms with van der Waals surface area (Å²) in [5.41, 5.74) is 2.86. The molecule has 4 nitrogen and oxygen atoms in total. The molecule has 0 amide bonds. The lowest BCUT2D eigenvalue weighted by molar-refractivity contribution is 0.310. The lowest BCUT2D eigenvalue weighted by Crippen LogP contribution is -1.96. The average molecular weight is 266 g/mol. The van der Waals surface area contributed by atoms with Gasteiger partial charge in [-0.25, -0.2) is 0 Å². The first-order chi connectivity index (χ1) is 9.88. The zero-order valence-corrected chi connectivity index (χ0v) is 10.8. The summed E-state index contributed by atoms with van der Waals surface area (Å²) in [4.78, 5) is 3.13. The third kappa shape index (κ3) is 2.36. The smallest absolute Gasteiger partial charge is 0.129 e. The number of ether oxygens (including phenoxy) is 1.